The molecule has 3 aromatic rings. The van der Waals surface area contributed by atoms with Crippen LogP contribution in [0.3, 0.4) is 0 Å². The Hall–Kier alpha value is -3.00. The van der Waals surface area contributed by atoms with Gasteiger partial charge in [-0.05, 0) is 36.4 Å². The minimum Gasteiger partial charge on any atom is -0.494 e. The SMILES string of the molecule is COc1ccc(-c2noc(C3CC(=O)N(c4cc(Cl)ccc4F)C3)n2)cc1F. The Morgan fingerprint density at radius 2 is 2.04 bits per heavy atom. The molecule has 9 heteroatoms. The van der Waals surface area contributed by atoms with Crippen LogP contribution in [0.4, 0.5) is 14.5 Å². The molecule has 1 amide bonds. The third-order valence-corrected chi connectivity index (χ3v) is 4.76. The zero-order valence-corrected chi connectivity index (χ0v) is 15.4. The van der Waals surface area contributed by atoms with Gasteiger partial charge in [0, 0.05) is 23.6 Å². The molecule has 1 aliphatic heterocycles. The number of aromatic nitrogens is 2. The molecule has 1 fully saturated rings. The molecule has 4 rings (SSSR count). The number of hydrogen-bond donors (Lipinski definition) is 0. The summed E-state index contributed by atoms with van der Waals surface area (Å²) in [5.41, 5.74) is 0.521. The molecule has 2 heterocycles. The summed E-state index contributed by atoms with van der Waals surface area (Å²) < 4.78 is 38.2. The highest BCUT2D eigenvalue weighted by atomic mass is 35.5. The number of hydrogen-bond acceptors (Lipinski definition) is 5. The molecule has 0 aliphatic carbocycles. The van der Waals surface area contributed by atoms with Crippen molar-refractivity contribution in [2.45, 2.75) is 12.3 Å². The third-order valence-electron chi connectivity index (χ3n) is 4.52. The van der Waals surface area contributed by atoms with Crippen LogP contribution in [-0.4, -0.2) is 29.7 Å². The van der Waals surface area contributed by atoms with Crippen LogP contribution in [0.1, 0.15) is 18.2 Å². The van der Waals surface area contributed by atoms with Crippen LogP contribution < -0.4 is 9.64 Å². The first-order chi connectivity index (χ1) is 13.5. The fourth-order valence-electron chi connectivity index (χ4n) is 3.12. The van der Waals surface area contributed by atoms with Gasteiger partial charge in [-0.2, -0.15) is 4.98 Å². The van der Waals surface area contributed by atoms with Crippen LogP contribution in [0, 0.1) is 11.6 Å². The minimum atomic E-state index is -0.551. The summed E-state index contributed by atoms with van der Waals surface area (Å²) in [5, 5.41) is 4.19. The van der Waals surface area contributed by atoms with Gasteiger partial charge in [-0.1, -0.05) is 16.8 Å². The van der Waals surface area contributed by atoms with Crippen LogP contribution >= 0.6 is 11.6 Å². The number of halogens is 3. The Kier molecular flexibility index (Phi) is 4.72. The van der Waals surface area contributed by atoms with Crippen molar-refractivity contribution < 1.29 is 22.8 Å². The molecule has 0 saturated carbocycles. The van der Waals surface area contributed by atoms with E-state index in [-0.39, 0.29) is 42.0 Å². The van der Waals surface area contributed by atoms with Crippen LogP contribution in [0.2, 0.25) is 5.02 Å². The second-order valence-electron chi connectivity index (χ2n) is 6.31. The maximum atomic E-state index is 14.1. The molecule has 1 saturated heterocycles. The Morgan fingerprint density at radius 1 is 1.21 bits per heavy atom. The number of carbonyl (C=O) groups excluding carboxylic acids is 1. The van der Waals surface area contributed by atoms with Crippen molar-refractivity contribution in [2.75, 3.05) is 18.6 Å². The molecule has 6 nitrogen and oxygen atoms in total. The normalized spacial score (nSPS) is 16.6. The average molecular weight is 406 g/mol. The number of nitrogens with zero attached hydrogens (tertiary/aromatic N) is 3. The van der Waals surface area contributed by atoms with Crippen molar-refractivity contribution in [3.63, 3.8) is 0 Å². The summed E-state index contributed by atoms with van der Waals surface area (Å²) in [6.07, 6.45) is 0.0879. The molecule has 144 valence electrons. The Labute approximate surface area is 163 Å². The number of carbonyl (C=O) groups is 1. The fraction of sp³-hybridized carbons (Fsp3) is 0.211. The zero-order valence-electron chi connectivity index (χ0n) is 14.7. The summed E-state index contributed by atoms with van der Waals surface area (Å²) in [6.45, 7) is 0.175. The minimum absolute atomic E-state index is 0.0879. The van der Waals surface area contributed by atoms with E-state index in [1.807, 2.05) is 0 Å². The number of rotatable bonds is 4. The molecule has 0 N–H and O–H groups in total. The molecule has 1 unspecified atom stereocenters. The van der Waals surface area contributed by atoms with Crippen molar-refractivity contribution >= 4 is 23.2 Å². The third kappa shape index (κ3) is 3.31. The summed E-state index contributed by atoms with van der Waals surface area (Å²) in [6, 6.07) is 8.32. The number of benzene rings is 2. The molecule has 0 bridgehead atoms. The van der Waals surface area contributed by atoms with E-state index >= 15 is 0 Å². The van der Waals surface area contributed by atoms with Crippen molar-refractivity contribution in [3.8, 4) is 17.1 Å². The molecule has 0 radical (unpaired) electrons. The van der Waals surface area contributed by atoms with E-state index in [0.29, 0.717) is 10.6 Å². The summed E-state index contributed by atoms with van der Waals surface area (Å²) in [4.78, 5) is 18.0. The van der Waals surface area contributed by atoms with Gasteiger partial charge >= 0.3 is 0 Å². The average Bonchev–Trinajstić information content (AvgIpc) is 3.30. The van der Waals surface area contributed by atoms with Crippen LogP contribution in [-0.2, 0) is 4.79 Å². The van der Waals surface area contributed by atoms with E-state index in [4.69, 9.17) is 20.9 Å². The van der Waals surface area contributed by atoms with Crippen LogP contribution in [0.25, 0.3) is 11.4 Å². The fourth-order valence-corrected chi connectivity index (χ4v) is 3.29. The maximum Gasteiger partial charge on any atom is 0.232 e. The summed E-state index contributed by atoms with van der Waals surface area (Å²) >= 11 is 5.92. The lowest BCUT2D eigenvalue weighted by Gasteiger charge is -2.17. The van der Waals surface area contributed by atoms with Gasteiger partial charge in [0.25, 0.3) is 0 Å². The standard InChI is InChI=1S/C19H14ClF2N3O3/c1-27-16-5-2-10(6-14(16)22)18-23-19(28-24-18)11-7-17(26)25(9-11)15-8-12(20)3-4-13(15)21/h2-6,8,11H,7,9H2,1H3. The van der Waals surface area contributed by atoms with Crippen molar-refractivity contribution in [1.82, 2.24) is 10.1 Å². The molecule has 2 aromatic carbocycles. The van der Waals surface area contributed by atoms with Crippen molar-refractivity contribution in [3.05, 3.63) is 58.9 Å². The number of ether oxygens (including phenoxy) is 1. The maximum absolute atomic E-state index is 14.1. The molecule has 28 heavy (non-hydrogen) atoms. The predicted molar refractivity (Wildman–Crippen MR) is 97.4 cm³/mol. The first kappa shape index (κ1) is 18.4. The largest absolute Gasteiger partial charge is 0.494 e. The lowest BCUT2D eigenvalue weighted by molar-refractivity contribution is -0.117. The Morgan fingerprint density at radius 3 is 2.79 bits per heavy atom. The van der Waals surface area contributed by atoms with E-state index in [2.05, 4.69) is 10.1 Å². The smallest absolute Gasteiger partial charge is 0.232 e. The van der Waals surface area contributed by atoms with Crippen LogP contribution in [0.15, 0.2) is 40.9 Å². The van der Waals surface area contributed by atoms with E-state index in [9.17, 15) is 13.6 Å². The lowest BCUT2D eigenvalue weighted by atomic mass is 10.1. The predicted octanol–water partition coefficient (Wildman–Crippen LogP) is 4.20. The van der Waals surface area contributed by atoms with E-state index in [1.165, 1.54) is 42.3 Å². The quantitative estimate of drug-likeness (QED) is 0.650. The number of amides is 1. The Bertz CT molecular complexity index is 1060. The number of methoxy groups -OCH3 is 1. The summed E-state index contributed by atoms with van der Waals surface area (Å²) in [5.74, 6) is -1.26. The molecule has 0 spiro atoms. The van der Waals surface area contributed by atoms with E-state index in [1.54, 1.807) is 6.07 Å². The van der Waals surface area contributed by atoms with Gasteiger partial charge in [0.2, 0.25) is 17.6 Å². The second kappa shape index (κ2) is 7.20. The summed E-state index contributed by atoms with van der Waals surface area (Å²) in [7, 11) is 1.37. The van der Waals surface area contributed by atoms with E-state index in [0.717, 1.165) is 0 Å². The highest BCUT2D eigenvalue weighted by molar-refractivity contribution is 6.31. The highest BCUT2D eigenvalue weighted by Gasteiger charge is 2.36. The van der Waals surface area contributed by atoms with Gasteiger partial charge in [-0.3, -0.25) is 4.79 Å². The Balaban J connectivity index is 1.57. The number of anilines is 1. The van der Waals surface area contributed by atoms with Gasteiger partial charge in [0.15, 0.2) is 11.6 Å². The van der Waals surface area contributed by atoms with Gasteiger partial charge in [-0.25, -0.2) is 8.78 Å². The molecular formula is C19H14ClF2N3O3. The first-order valence-corrected chi connectivity index (χ1v) is 8.77. The van der Waals surface area contributed by atoms with Gasteiger partial charge < -0.3 is 14.2 Å². The van der Waals surface area contributed by atoms with Gasteiger partial charge in [-0.15, -0.1) is 0 Å². The van der Waals surface area contributed by atoms with Gasteiger partial charge in [0.05, 0.1) is 18.7 Å². The molecule has 1 atom stereocenters. The topological polar surface area (TPSA) is 68.5 Å². The van der Waals surface area contributed by atoms with Crippen molar-refractivity contribution in [2.24, 2.45) is 0 Å². The highest BCUT2D eigenvalue weighted by Crippen LogP contribution is 2.34. The van der Waals surface area contributed by atoms with Crippen LogP contribution in [0.5, 0.6) is 5.75 Å². The van der Waals surface area contributed by atoms with Gasteiger partial charge in [0.1, 0.15) is 5.82 Å². The second-order valence-corrected chi connectivity index (χ2v) is 6.74. The monoisotopic (exact) mass is 405 g/mol. The lowest BCUT2D eigenvalue weighted by Crippen LogP contribution is -2.25. The van der Waals surface area contributed by atoms with Crippen molar-refractivity contribution in [1.29, 1.82) is 0 Å². The molecule has 1 aromatic heterocycles. The molecular weight excluding hydrogens is 392 g/mol. The van der Waals surface area contributed by atoms with E-state index < -0.39 is 17.6 Å². The zero-order chi connectivity index (χ0) is 19.8. The molecule has 1 aliphatic rings. The first-order valence-electron chi connectivity index (χ1n) is 8.39.